The van der Waals surface area contributed by atoms with Gasteiger partial charge in [-0.25, -0.2) is 0 Å². The van der Waals surface area contributed by atoms with Crippen LogP contribution >= 0.6 is 0 Å². The molecule has 1 N–H and O–H groups in total. The van der Waals surface area contributed by atoms with Crippen molar-refractivity contribution in [3.8, 4) is 11.6 Å². The summed E-state index contributed by atoms with van der Waals surface area (Å²) in [5, 5.41) is 7.73. The lowest BCUT2D eigenvalue weighted by molar-refractivity contribution is 0.0908. The van der Waals surface area contributed by atoms with Gasteiger partial charge in [0.15, 0.2) is 5.76 Å². The molecular weight excluding hydrogens is 342 g/mol. The van der Waals surface area contributed by atoms with Gasteiger partial charge in [-0.1, -0.05) is 60.6 Å². The molecule has 4 rings (SSSR count). The Hall–Kier alpha value is -3.41. The summed E-state index contributed by atoms with van der Waals surface area (Å²) < 4.78 is 11.0. The van der Waals surface area contributed by atoms with Crippen LogP contribution in [0.15, 0.2) is 63.5 Å². The van der Waals surface area contributed by atoms with Crippen LogP contribution in [0.2, 0.25) is 0 Å². The number of hydrogen-bond donors (Lipinski definition) is 1. The van der Waals surface area contributed by atoms with E-state index in [1.165, 1.54) is 0 Å². The second-order valence-corrected chi connectivity index (χ2v) is 6.50. The Bertz CT molecular complexity index is 1080. The molecule has 0 radical (unpaired) electrons. The third kappa shape index (κ3) is 3.33. The number of benzene rings is 2. The second-order valence-electron chi connectivity index (χ2n) is 6.50. The van der Waals surface area contributed by atoms with E-state index >= 15 is 0 Å². The SMILES string of the molecule is Cc1c(-c2noc(C(=O)NCC(C)c3ccccc3)n2)oc2ccccc12. The minimum absolute atomic E-state index is 0.0786. The van der Waals surface area contributed by atoms with Crippen molar-refractivity contribution >= 4 is 16.9 Å². The molecule has 0 bridgehead atoms. The van der Waals surface area contributed by atoms with E-state index in [1.54, 1.807) is 0 Å². The summed E-state index contributed by atoms with van der Waals surface area (Å²) in [6.45, 7) is 4.45. The van der Waals surface area contributed by atoms with E-state index in [-0.39, 0.29) is 17.6 Å². The van der Waals surface area contributed by atoms with Gasteiger partial charge in [-0.05, 0) is 24.5 Å². The summed E-state index contributed by atoms with van der Waals surface area (Å²) in [7, 11) is 0. The molecular formula is C21H19N3O3. The number of para-hydroxylation sites is 1. The number of carbonyl (C=O) groups is 1. The van der Waals surface area contributed by atoms with Crippen LogP contribution in [0, 0.1) is 6.92 Å². The fourth-order valence-electron chi connectivity index (χ4n) is 3.02. The van der Waals surface area contributed by atoms with Gasteiger partial charge in [-0.2, -0.15) is 4.98 Å². The van der Waals surface area contributed by atoms with E-state index in [0.717, 1.165) is 22.1 Å². The third-order valence-electron chi connectivity index (χ3n) is 4.60. The minimum atomic E-state index is -0.398. The van der Waals surface area contributed by atoms with E-state index in [2.05, 4.69) is 15.5 Å². The first-order valence-electron chi connectivity index (χ1n) is 8.79. The molecule has 1 amide bonds. The first-order chi connectivity index (χ1) is 13.1. The van der Waals surface area contributed by atoms with E-state index in [0.29, 0.717) is 12.3 Å². The van der Waals surface area contributed by atoms with Crippen molar-refractivity contribution in [1.82, 2.24) is 15.5 Å². The van der Waals surface area contributed by atoms with E-state index < -0.39 is 5.91 Å². The molecule has 0 aliphatic heterocycles. The molecule has 0 saturated carbocycles. The molecule has 136 valence electrons. The zero-order valence-electron chi connectivity index (χ0n) is 15.1. The van der Waals surface area contributed by atoms with E-state index in [1.807, 2.05) is 68.4 Å². The quantitative estimate of drug-likeness (QED) is 0.572. The monoisotopic (exact) mass is 361 g/mol. The normalized spacial score (nSPS) is 12.2. The number of aromatic nitrogens is 2. The Morgan fingerprint density at radius 3 is 2.63 bits per heavy atom. The maximum absolute atomic E-state index is 12.3. The first kappa shape index (κ1) is 17.0. The smallest absolute Gasteiger partial charge is 0.316 e. The van der Waals surface area contributed by atoms with Gasteiger partial charge in [0.2, 0.25) is 5.82 Å². The maximum Gasteiger partial charge on any atom is 0.316 e. The largest absolute Gasteiger partial charge is 0.452 e. The maximum atomic E-state index is 12.3. The number of hydrogen-bond acceptors (Lipinski definition) is 5. The predicted octanol–water partition coefficient (Wildman–Crippen LogP) is 4.32. The lowest BCUT2D eigenvalue weighted by Crippen LogP contribution is -2.27. The lowest BCUT2D eigenvalue weighted by atomic mass is 10.0. The molecule has 6 nitrogen and oxygen atoms in total. The van der Waals surface area contributed by atoms with Gasteiger partial charge in [0, 0.05) is 17.5 Å². The number of fused-ring (bicyclic) bond motifs is 1. The molecule has 0 fully saturated rings. The lowest BCUT2D eigenvalue weighted by Gasteiger charge is -2.11. The number of furan rings is 1. The first-order valence-corrected chi connectivity index (χ1v) is 8.79. The standard InChI is InChI=1S/C21H19N3O3/c1-13(15-8-4-3-5-9-15)12-22-20(25)21-23-19(24-27-21)18-14(2)16-10-6-7-11-17(16)26-18/h3-11,13H,12H2,1-2H3,(H,22,25). The van der Waals surface area contributed by atoms with E-state index in [9.17, 15) is 4.79 Å². The second kappa shape index (κ2) is 7.07. The Kier molecular flexibility index (Phi) is 4.46. The Morgan fingerprint density at radius 1 is 1.11 bits per heavy atom. The molecule has 2 heterocycles. The van der Waals surface area contributed by atoms with Crippen molar-refractivity contribution in [3.63, 3.8) is 0 Å². The zero-order chi connectivity index (χ0) is 18.8. The van der Waals surface area contributed by atoms with Crippen LogP contribution in [0.1, 0.15) is 34.7 Å². The Labute approximate surface area is 156 Å². The summed E-state index contributed by atoms with van der Waals surface area (Å²) in [5.74, 6) is 0.479. The van der Waals surface area contributed by atoms with Gasteiger partial charge in [0.1, 0.15) is 5.58 Å². The third-order valence-corrected chi connectivity index (χ3v) is 4.60. The highest BCUT2D eigenvalue weighted by Crippen LogP contribution is 2.31. The summed E-state index contributed by atoms with van der Waals surface area (Å²) in [6, 6.07) is 17.7. The summed E-state index contributed by atoms with van der Waals surface area (Å²) in [4.78, 5) is 16.5. The van der Waals surface area contributed by atoms with Gasteiger partial charge >= 0.3 is 11.8 Å². The summed E-state index contributed by atoms with van der Waals surface area (Å²) in [6.07, 6.45) is 0. The molecule has 27 heavy (non-hydrogen) atoms. The van der Waals surface area contributed by atoms with Gasteiger partial charge in [-0.3, -0.25) is 4.79 Å². The predicted molar refractivity (Wildman–Crippen MR) is 101 cm³/mol. The fourth-order valence-corrected chi connectivity index (χ4v) is 3.02. The number of nitrogens with one attached hydrogen (secondary N) is 1. The molecule has 2 aromatic heterocycles. The summed E-state index contributed by atoms with van der Waals surface area (Å²) >= 11 is 0. The van der Waals surface area contributed by atoms with Crippen molar-refractivity contribution in [2.45, 2.75) is 19.8 Å². The number of aryl methyl sites for hydroxylation is 1. The average molecular weight is 361 g/mol. The molecule has 0 aliphatic carbocycles. The highest BCUT2D eigenvalue weighted by Gasteiger charge is 2.21. The van der Waals surface area contributed by atoms with Crippen LogP contribution in [-0.2, 0) is 0 Å². The topological polar surface area (TPSA) is 81.2 Å². The summed E-state index contributed by atoms with van der Waals surface area (Å²) in [5.41, 5.74) is 2.82. The molecule has 1 unspecified atom stereocenters. The van der Waals surface area contributed by atoms with Gasteiger partial charge in [-0.15, -0.1) is 0 Å². The van der Waals surface area contributed by atoms with Crippen LogP contribution in [0.25, 0.3) is 22.6 Å². The molecule has 0 saturated heterocycles. The van der Waals surface area contributed by atoms with Gasteiger partial charge < -0.3 is 14.3 Å². The van der Waals surface area contributed by atoms with Crippen LogP contribution in [0.5, 0.6) is 0 Å². The number of carbonyl (C=O) groups excluding carboxylic acids is 1. The van der Waals surface area contributed by atoms with Crippen molar-refractivity contribution in [2.75, 3.05) is 6.54 Å². The fraction of sp³-hybridized carbons (Fsp3) is 0.190. The molecule has 4 aromatic rings. The van der Waals surface area contributed by atoms with Crippen molar-refractivity contribution in [2.24, 2.45) is 0 Å². The average Bonchev–Trinajstić information content (AvgIpc) is 3.32. The Morgan fingerprint density at radius 2 is 1.85 bits per heavy atom. The van der Waals surface area contributed by atoms with Crippen molar-refractivity contribution < 1.29 is 13.7 Å². The van der Waals surface area contributed by atoms with E-state index in [4.69, 9.17) is 8.94 Å². The van der Waals surface area contributed by atoms with Gasteiger partial charge in [0.25, 0.3) is 0 Å². The molecule has 0 aliphatic rings. The molecule has 2 aromatic carbocycles. The highest BCUT2D eigenvalue weighted by molar-refractivity contribution is 5.90. The van der Waals surface area contributed by atoms with Crippen LogP contribution in [0.4, 0.5) is 0 Å². The number of nitrogens with zero attached hydrogens (tertiary/aromatic N) is 2. The molecule has 1 atom stereocenters. The van der Waals surface area contributed by atoms with Crippen LogP contribution in [0.3, 0.4) is 0 Å². The Balaban J connectivity index is 1.48. The highest BCUT2D eigenvalue weighted by atomic mass is 16.5. The molecule has 0 spiro atoms. The molecule has 6 heteroatoms. The van der Waals surface area contributed by atoms with Crippen molar-refractivity contribution in [3.05, 3.63) is 71.6 Å². The number of amides is 1. The zero-order valence-corrected chi connectivity index (χ0v) is 15.1. The van der Waals surface area contributed by atoms with Crippen molar-refractivity contribution in [1.29, 1.82) is 0 Å². The number of rotatable bonds is 5. The minimum Gasteiger partial charge on any atom is -0.452 e. The van der Waals surface area contributed by atoms with Crippen LogP contribution in [-0.4, -0.2) is 22.6 Å². The van der Waals surface area contributed by atoms with Gasteiger partial charge in [0.05, 0.1) is 0 Å². The van der Waals surface area contributed by atoms with Crippen LogP contribution < -0.4 is 5.32 Å².